The summed E-state index contributed by atoms with van der Waals surface area (Å²) in [6.45, 7) is 3.76. The molecule has 5 rings (SSSR count). The molecule has 1 N–H and O–H groups in total. The van der Waals surface area contributed by atoms with E-state index in [2.05, 4.69) is 41.5 Å². The van der Waals surface area contributed by atoms with Crippen molar-refractivity contribution in [3.63, 3.8) is 0 Å². The quantitative estimate of drug-likeness (QED) is 0.725. The molecule has 5 nitrogen and oxygen atoms in total. The lowest BCUT2D eigenvalue weighted by Gasteiger charge is -2.31. The van der Waals surface area contributed by atoms with Gasteiger partial charge in [0.1, 0.15) is 5.76 Å². The summed E-state index contributed by atoms with van der Waals surface area (Å²) >= 11 is 0. The smallest absolute Gasteiger partial charge is 0.276 e. The summed E-state index contributed by atoms with van der Waals surface area (Å²) in [7, 11) is 0. The fraction of sp³-hybridized carbons (Fsp3) is 0.478. The van der Waals surface area contributed by atoms with Crippen molar-refractivity contribution in [2.24, 2.45) is 0 Å². The molecule has 0 radical (unpaired) electrons. The van der Waals surface area contributed by atoms with Crippen LogP contribution in [-0.4, -0.2) is 34.0 Å². The lowest BCUT2D eigenvalue weighted by atomic mass is 9.88. The van der Waals surface area contributed by atoms with E-state index in [1.807, 2.05) is 4.90 Å². The number of fused-ring (bicyclic) bond motifs is 2. The molecule has 1 amide bonds. The molecule has 5 heteroatoms. The van der Waals surface area contributed by atoms with Crippen LogP contribution < -0.4 is 0 Å². The highest BCUT2D eigenvalue weighted by molar-refractivity contribution is 5.94. The Morgan fingerprint density at radius 3 is 2.89 bits per heavy atom. The third-order valence-corrected chi connectivity index (χ3v) is 6.59. The molecule has 2 aliphatic rings. The first-order chi connectivity index (χ1) is 13.8. The summed E-state index contributed by atoms with van der Waals surface area (Å²) in [4.78, 5) is 18.5. The topological polar surface area (TPSA) is 62.1 Å². The van der Waals surface area contributed by atoms with Crippen molar-refractivity contribution < 1.29 is 9.32 Å². The highest BCUT2D eigenvalue weighted by atomic mass is 16.5. The minimum atomic E-state index is 0.0533. The Kier molecular flexibility index (Phi) is 4.46. The van der Waals surface area contributed by atoms with E-state index >= 15 is 0 Å². The summed E-state index contributed by atoms with van der Waals surface area (Å²) in [5.41, 5.74) is 5.66. The third kappa shape index (κ3) is 2.84. The van der Waals surface area contributed by atoms with E-state index in [0.29, 0.717) is 11.6 Å². The van der Waals surface area contributed by atoms with Crippen LogP contribution >= 0.6 is 0 Å². The van der Waals surface area contributed by atoms with Crippen molar-refractivity contribution in [2.45, 2.75) is 57.8 Å². The van der Waals surface area contributed by atoms with E-state index in [1.165, 1.54) is 22.0 Å². The van der Waals surface area contributed by atoms with E-state index < -0.39 is 0 Å². The number of nitrogens with one attached hydrogen (secondary N) is 1. The highest BCUT2D eigenvalue weighted by Gasteiger charge is 2.31. The number of benzene rings is 1. The first-order valence-corrected chi connectivity index (χ1v) is 10.6. The molecule has 0 saturated carbocycles. The molecule has 28 heavy (non-hydrogen) atoms. The van der Waals surface area contributed by atoms with Crippen molar-refractivity contribution >= 4 is 16.8 Å². The maximum Gasteiger partial charge on any atom is 0.276 e. The van der Waals surface area contributed by atoms with Crippen molar-refractivity contribution in [2.75, 3.05) is 13.1 Å². The van der Waals surface area contributed by atoms with Crippen LogP contribution in [0.3, 0.4) is 0 Å². The van der Waals surface area contributed by atoms with Crippen LogP contribution in [0.15, 0.2) is 28.9 Å². The lowest BCUT2D eigenvalue weighted by Crippen LogP contribution is -2.38. The van der Waals surface area contributed by atoms with Gasteiger partial charge in [0.15, 0.2) is 5.69 Å². The summed E-state index contributed by atoms with van der Waals surface area (Å²) in [6, 6.07) is 6.58. The van der Waals surface area contributed by atoms with Crippen molar-refractivity contribution in [1.29, 1.82) is 0 Å². The Labute approximate surface area is 165 Å². The normalized spacial score (nSPS) is 17.8. The zero-order valence-corrected chi connectivity index (χ0v) is 16.5. The van der Waals surface area contributed by atoms with E-state index in [0.717, 1.165) is 69.4 Å². The molecule has 1 fully saturated rings. The highest BCUT2D eigenvalue weighted by Crippen LogP contribution is 2.35. The SMILES string of the molecule is CCc1cccc2c(C3CCN(C(=O)c4noc5c4CCCC5)CC3)c[nH]c12. The second-order valence-electron chi connectivity index (χ2n) is 8.14. The maximum atomic E-state index is 13.0. The average Bonchev–Trinajstić information content (AvgIpc) is 3.37. The van der Waals surface area contributed by atoms with Crippen LogP contribution in [0.2, 0.25) is 0 Å². The van der Waals surface area contributed by atoms with Gasteiger partial charge in [-0.25, -0.2) is 0 Å². The zero-order valence-electron chi connectivity index (χ0n) is 16.5. The standard InChI is InChI=1S/C23H27N3O2/c1-2-15-6-5-8-17-19(14-24-21(15)17)16-10-12-26(13-11-16)23(27)22-18-7-3-4-9-20(18)28-25-22/h5-6,8,14,16,24H,2-4,7,9-13H2,1H3. The van der Waals surface area contributed by atoms with Crippen molar-refractivity contribution in [1.82, 2.24) is 15.0 Å². The van der Waals surface area contributed by atoms with E-state index in [1.54, 1.807) is 0 Å². The predicted octanol–water partition coefficient (Wildman–Crippen LogP) is 4.62. The Morgan fingerprint density at radius 1 is 1.25 bits per heavy atom. The molecule has 0 atom stereocenters. The molecule has 1 aromatic carbocycles. The Hall–Kier alpha value is -2.56. The minimum absolute atomic E-state index is 0.0533. The van der Waals surface area contributed by atoms with Crippen LogP contribution in [0.1, 0.15) is 71.5 Å². The number of piperidine rings is 1. The van der Waals surface area contributed by atoms with E-state index in [4.69, 9.17) is 4.52 Å². The fourth-order valence-corrected chi connectivity index (χ4v) is 4.97. The Balaban J connectivity index is 1.32. The number of hydrogen-bond acceptors (Lipinski definition) is 3. The third-order valence-electron chi connectivity index (χ3n) is 6.59. The maximum absolute atomic E-state index is 13.0. The van der Waals surface area contributed by atoms with Crippen LogP contribution in [0.4, 0.5) is 0 Å². The molecule has 0 spiro atoms. The second-order valence-corrected chi connectivity index (χ2v) is 8.14. The molecule has 2 aromatic heterocycles. The van der Waals surface area contributed by atoms with Crippen molar-refractivity contribution in [3.8, 4) is 0 Å². The first-order valence-electron chi connectivity index (χ1n) is 10.6. The van der Waals surface area contributed by atoms with Gasteiger partial charge < -0.3 is 14.4 Å². The van der Waals surface area contributed by atoms with Gasteiger partial charge in [-0.05, 0) is 55.6 Å². The molecule has 1 saturated heterocycles. The number of aromatic amines is 1. The average molecular weight is 377 g/mol. The monoisotopic (exact) mass is 377 g/mol. The van der Waals surface area contributed by atoms with E-state index in [9.17, 15) is 4.79 Å². The van der Waals surface area contributed by atoms with Gasteiger partial charge in [0, 0.05) is 42.2 Å². The fourth-order valence-electron chi connectivity index (χ4n) is 4.97. The Bertz CT molecular complexity index is 1010. The van der Waals surface area contributed by atoms with Gasteiger partial charge in [-0.15, -0.1) is 0 Å². The summed E-state index contributed by atoms with van der Waals surface area (Å²) < 4.78 is 5.45. The predicted molar refractivity (Wildman–Crippen MR) is 109 cm³/mol. The summed E-state index contributed by atoms with van der Waals surface area (Å²) in [5.74, 6) is 1.48. The number of carbonyl (C=O) groups is 1. The van der Waals surface area contributed by atoms with Gasteiger partial charge in [-0.3, -0.25) is 4.79 Å². The zero-order chi connectivity index (χ0) is 19.1. The molecule has 1 aliphatic heterocycles. The molecular weight excluding hydrogens is 350 g/mol. The van der Waals surface area contributed by atoms with Crippen LogP contribution in [-0.2, 0) is 19.3 Å². The molecule has 146 valence electrons. The summed E-state index contributed by atoms with van der Waals surface area (Å²) in [6.07, 6.45) is 9.29. The van der Waals surface area contributed by atoms with Crippen LogP contribution in [0.5, 0.6) is 0 Å². The number of H-pyrrole nitrogens is 1. The van der Waals surface area contributed by atoms with Crippen molar-refractivity contribution in [3.05, 3.63) is 52.5 Å². The lowest BCUT2D eigenvalue weighted by molar-refractivity contribution is 0.0702. The van der Waals surface area contributed by atoms with Gasteiger partial charge in [0.25, 0.3) is 5.91 Å². The second kappa shape index (κ2) is 7.12. The number of likely N-dealkylation sites (tertiary alicyclic amines) is 1. The number of para-hydroxylation sites is 1. The van der Waals surface area contributed by atoms with Crippen LogP contribution in [0, 0.1) is 0 Å². The number of amides is 1. The molecule has 0 unspecified atom stereocenters. The summed E-state index contributed by atoms with van der Waals surface area (Å²) in [5, 5.41) is 5.47. The molecule has 0 bridgehead atoms. The van der Waals surface area contributed by atoms with Gasteiger partial charge in [-0.2, -0.15) is 0 Å². The van der Waals surface area contributed by atoms with E-state index in [-0.39, 0.29) is 5.91 Å². The first kappa shape index (κ1) is 17.5. The molecular formula is C23H27N3O2. The number of hydrogen-bond donors (Lipinski definition) is 1. The molecule has 1 aliphatic carbocycles. The van der Waals surface area contributed by atoms with Gasteiger partial charge in [-0.1, -0.05) is 30.3 Å². The van der Waals surface area contributed by atoms with Gasteiger partial charge >= 0.3 is 0 Å². The molecule has 3 aromatic rings. The molecule has 3 heterocycles. The Morgan fingerprint density at radius 2 is 2.07 bits per heavy atom. The number of aromatic nitrogens is 2. The van der Waals surface area contributed by atoms with Gasteiger partial charge in [0.05, 0.1) is 0 Å². The number of nitrogens with zero attached hydrogens (tertiary/aromatic N) is 2. The number of aryl methyl sites for hydroxylation is 2. The van der Waals surface area contributed by atoms with Crippen LogP contribution in [0.25, 0.3) is 10.9 Å². The number of rotatable bonds is 3. The minimum Gasteiger partial charge on any atom is -0.361 e. The number of carbonyl (C=O) groups excluding carboxylic acids is 1. The largest absolute Gasteiger partial charge is 0.361 e. The van der Waals surface area contributed by atoms with Gasteiger partial charge in [0.2, 0.25) is 0 Å².